The molecule has 1 aromatic carbocycles. The van der Waals surface area contributed by atoms with E-state index in [9.17, 15) is 24.9 Å². The van der Waals surface area contributed by atoms with Crippen LogP contribution in [0.25, 0.3) is 0 Å². The van der Waals surface area contributed by atoms with Crippen molar-refractivity contribution in [3.05, 3.63) is 29.8 Å². The molecule has 106 valence electrons. The lowest BCUT2D eigenvalue weighted by Gasteiger charge is -2.25. The van der Waals surface area contributed by atoms with Crippen LogP contribution < -0.4 is 4.90 Å². The first kappa shape index (κ1) is 12.9. The molecule has 20 heavy (non-hydrogen) atoms. The largest absolute Gasteiger partial charge is 0.479 e. The number of aliphatic carboxylic acids is 1. The fourth-order valence-corrected chi connectivity index (χ4v) is 2.99. The standard InChI is InChI=1S/C13H13NO6/c1-12(10(15)16)6-13(19)7-4-2-3-5-8(7)14(11(17)18)9(13)20-12/h2-5,9,19H,6H2,1H3,(H,15,16)(H,17,18). The molecule has 3 rings (SSSR count). The van der Waals surface area contributed by atoms with Gasteiger partial charge in [-0.05, 0) is 13.0 Å². The molecule has 1 saturated heterocycles. The van der Waals surface area contributed by atoms with Crippen molar-refractivity contribution in [2.24, 2.45) is 0 Å². The highest BCUT2D eigenvalue weighted by Crippen LogP contribution is 2.54. The van der Waals surface area contributed by atoms with Gasteiger partial charge in [-0.2, -0.15) is 0 Å². The first-order valence-electron chi connectivity index (χ1n) is 6.05. The van der Waals surface area contributed by atoms with Gasteiger partial charge in [0, 0.05) is 12.0 Å². The lowest BCUT2D eigenvalue weighted by molar-refractivity contribution is -0.161. The summed E-state index contributed by atoms with van der Waals surface area (Å²) in [6.45, 7) is 1.33. The Morgan fingerprint density at radius 2 is 2.00 bits per heavy atom. The van der Waals surface area contributed by atoms with Gasteiger partial charge in [-0.25, -0.2) is 14.5 Å². The summed E-state index contributed by atoms with van der Waals surface area (Å²) < 4.78 is 5.39. The molecule has 3 unspecified atom stereocenters. The van der Waals surface area contributed by atoms with E-state index in [0.717, 1.165) is 4.90 Å². The molecular formula is C13H13NO6. The van der Waals surface area contributed by atoms with Gasteiger partial charge < -0.3 is 20.1 Å². The van der Waals surface area contributed by atoms with Gasteiger partial charge in [0.15, 0.2) is 11.8 Å². The molecule has 0 spiro atoms. The summed E-state index contributed by atoms with van der Waals surface area (Å²) in [6.07, 6.45) is -2.76. The molecule has 2 aliphatic rings. The Morgan fingerprint density at radius 3 is 2.60 bits per heavy atom. The number of carboxylic acids is 1. The number of aliphatic hydroxyl groups is 1. The number of hydrogen-bond acceptors (Lipinski definition) is 4. The molecule has 2 heterocycles. The molecule has 0 aliphatic carbocycles. The lowest BCUT2D eigenvalue weighted by atomic mass is 9.86. The number of benzene rings is 1. The molecule has 0 aromatic heterocycles. The molecule has 3 N–H and O–H groups in total. The number of carboxylic acid groups (broad SMARTS) is 2. The third-order valence-electron chi connectivity index (χ3n) is 3.91. The molecule has 0 saturated carbocycles. The monoisotopic (exact) mass is 279 g/mol. The average Bonchev–Trinajstić information content (AvgIpc) is 2.75. The number of hydrogen-bond donors (Lipinski definition) is 3. The average molecular weight is 279 g/mol. The number of fused-ring (bicyclic) bond motifs is 3. The number of nitrogens with zero attached hydrogens (tertiary/aromatic N) is 1. The summed E-state index contributed by atoms with van der Waals surface area (Å²) in [5.74, 6) is -1.23. The molecule has 1 aromatic rings. The number of carbonyl (C=O) groups is 2. The van der Waals surface area contributed by atoms with Crippen LogP contribution >= 0.6 is 0 Å². The Morgan fingerprint density at radius 1 is 1.35 bits per heavy atom. The minimum Gasteiger partial charge on any atom is -0.479 e. The van der Waals surface area contributed by atoms with Gasteiger partial charge in [-0.1, -0.05) is 18.2 Å². The predicted octanol–water partition coefficient (Wildman–Crippen LogP) is 0.962. The van der Waals surface area contributed by atoms with Crippen LogP contribution in [0.15, 0.2) is 24.3 Å². The Balaban J connectivity index is 2.16. The van der Waals surface area contributed by atoms with Crippen LogP contribution in [0.4, 0.5) is 10.5 Å². The highest BCUT2D eigenvalue weighted by atomic mass is 16.6. The fraction of sp³-hybridized carbons (Fsp3) is 0.385. The maximum atomic E-state index is 11.4. The van der Waals surface area contributed by atoms with Gasteiger partial charge >= 0.3 is 12.1 Å². The van der Waals surface area contributed by atoms with Crippen molar-refractivity contribution in [2.45, 2.75) is 30.8 Å². The van der Waals surface area contributed by atoms with Crippen LogP contribution in [-0.4, -0.2) is 39.2 Å². The minimum atomic E-state index is -1.65. The zero-order chi connectivity index (χ0) is 14.7. The SMILES string of the molecule is CC1(C(=O)O)CC2(O)c3ccccc3N(C(=O)O)C2O1. The Hall–Kier alpha value is -2.12. The van der Waals surface area contributed by atoms with Crippen LogP contribution in [0.2, 0.25) is 0 Å². The van der Waals surface area contributed by atoms with Crippen molar-refractivity contribution >= 4 is 17.7 Å². The van der Waals surface area contributed by atoms with Gasteiger partial charge in [0.05, 0.1) is 5.69 Å². The van der Waals surface area contributed by atoms with Crippen LogP contribution in [0.1, 0.15) is 18.9 Å². The zero-order valence-corrected chi connectivity index (χ0v) is 10.6. The summed E-state index contributed by atoms with van der Waals surface area (Å²) in [6, 6.07) is 6.45. The molecule has 2 aliphatic heterocycles. The second-order valence-corrected chi connectivity index (χ2v) is 5.28. The van der Waals surface area contributed by atoms with Crippen molar-refractivity contribution in [3.8, 4) is 0 Å². The summed E-state index contributed by atoms with van der Waals surface area (Å²) >= 11 is 0. The first-order valence-corrected chi connectivity index (χ1v) is 6.05. The molecule has 7 nitrogen and oxygen atoms in total. The third kappa shape index (κ3) is 1.41. The summed E-state index contributed by atoms with van der Waals surface area (Å²) in [5.41, 5.74) is -2.58. The van der Waals surface area contributed by atoms with Crippen molar-refractivity contribution in [1.29, 1.82) is 0 Å². The normalized spacial score (nSPS) is 34.7. The van der Waals surface area contributed by atoms with E-state index >= 15 is 0 Å². The summed E-state index contributed by atoms with van der Waals surface area (Å²) in [7, 11) is 0. The zero-order valence-electron chi connectivity index (χ0n) is 10.6. The topological polar surface area (TPSA) is 107 Å². The van der Waals surface area contributed by atoms with Crippen molar-refractivity contribution in [2.75, 3.05) is 4.90 Å². The summed E-state index contributed by atoms with van der Waals surface area (Å²) in [4.78, 5) is 23.6. The fourth-order valence-electron chi connectivity index (χ4n) is 2.99. The van der Waals surface area contributed by atoms with Gasteiger partial charge in [-0.3, -0.25) is 0 Å². The van der Waals surface area contributed by atoms with Crippen LogP contribution in [-0.2, 0) is 15.1 Å². The van der Waals surface area contributed by atoms with E-state index in [-0.39, 0.29) is 6.42 Å². The van der Waals surface area contributed by atoms with Crippen molar-refractivity contribution < 1.29 is 29.6 Å². The second kappa shape index (κ2) is 3.71. The predicted molar refractivity (Wildman–Crippen MR) is 66.4 cm³/mol. The van der Waals surface area contributed by atoms with E-state index in [1.165, 1.54) is 6.92 Å². The minimum absolute atomic E-state index is 0.208. The highest BCUT2D eigenvalue weighted by Gasteiger charge is 2.65. The van der Waals surface area contributed by atoms with Gasteiger partial charge in [0.1, 0.15) is 5.60 Å². The molecule has 1 amide bonds. The molecule has 0 bridgehead atoms. The van der Waals surface area contributed by atoms with E-state index in [1.807, 2.05) is 0 Å². The van der Waals surface area contributed by atoms with E-state index in [4.69, 9.17) is 4.74 Å². The summed E-state index contributed by atoms with van der Waals surface area (Å²) in [5, 5.41) is 29.3. The highest BCUT2D eigenvalue weighted by molar-refractivity contribution is 5.91. The van der Waals surface area contributed by atoms with Gasteiger partial charge in [0.25, 0.3) is 0 Å². The molecule has 0 radical (unpaired) electrons. The molecule has 3 atom stereocenters. The van der Waals surface area contributed by atoms with Crippen molar-refractivity contribution in [1.82, 2.24) is 0 Å². The first-order chi connectivity index (χ1) is 9.29. The van der Waals surface area contributed by atoms with Gasteiger partial charge in [-0.15, -0.1) is 0 Å². The molecular weight excluding hydrogens is 266 g/mol. The number of rotatable bonds is 1. The van der Waals surface area contributed by atoms with Crippen LogP contribution in [0.3, 0.4) is 0 Å². The van der Waals surface area contributed by atoms with Crippen LogP contribution in [0, 0.1) is 0 Å². The number of para-hydroxylation sites is 1. The molecule has 7 heteroatoms. The van der Waals surface area contributed by atoms with Crippen molar-refractivity contribution in [3.63, 3.8) is 0 Å². The van der Waals surface area contributed by atoms with E-state index in [1.54, 1.807) is 24.3 Å². The maximum Gasteiger partial charge on any atom is 0.414 e. The number of ether oxygens (including phenoxy) is 1. The number of amides is 1. The van der Waals surface area contributed by atoms with E-state index < -0.39 is 29.5 Å². The number of anilines is 1. The Bertz CT molecular complexity index is 617. The Labute approximate surface area is 114 Å². The van der Waals surface area contributed by atoms with Gasteiger partial charge in [0.2, 0.25) is 0 Å². The quantitative estimate of drug-likeness (QED) is 0.706. The maximum absolute atomic E-state index is 11.4. The van der Waals surface area contributed by atoms with E-state index in [0.29, 0.717) is 11.3 Å². The van der Waals surface area contributed by atoms with Crippen LogP contribution in [0.5, 0.6) is 0 Å². The molecule has 1 fully saturated rings. The Kier molecular flexibility index (Phi) is 2.39. The third-order valence-corrected chi connectivity index (χ3v) is 3.91. The lowest BCUT2D eigenvalue weighted by Crippen LogP contribution is -2.45. The second-order valence-electron chi connectivity index (χ2n) is 5.28. The van der Waals surface area contributed by atoms with E-state index in [2.05, 4.69) is 0 Å². The smallest absolute Gasteiger partial charge is 0.414 e.